The Morgan fingerprint density at radius 3 is 2.62 bits per heavy atom. The van der Waals surface area contributed by atoms with Crippen LogP contribution in [0, 0.1) is 5.92 Å². The van der Waals surface area contributed by atoms with Crippen LogP contribution in [0.1, 0.15) is 37.6 Å². The first-order chi connectivity index (χ1) is 9.81. The van der Waals surface area contributed by atoms with Crippen LogP contribution in [0.2, 0.25) is 0 Å². The van der Waals surface area contributed by atoms with Gasteiger partial charge in [-0.1, -0.05) is 12.1 Å². The van der Waals surface area contributed by atoms with Crippen molar-refractivity contribution >= 4 is 17.5 Å². The molecule has 0 radical (unpaired) electrons. The van der Waals surface area contributed by atoms with Gasteiger partial charge in [0.2, 0.25) is 5.91 Å². The molecule has 1 aliphatic heterocycles. The van der Waals surface area contributed by atoms with Crippen LogP contribution in [-0.4, -0.2) is 30.4 Å². The number of rotatable bonds is 3. The second-order valence-corrected chi connectivity index (χ2v) is 6.53. The van der Waals surface area contributed by atoms with Crippen molar-refractivity contribution in [2.24, 2.45) is 11.7 Å². The molecule has 1 aromatic rings. The third-order valence-corrected chi connectivity index (χ3v) is 3.47. The summed E-state index contributed by atoms with van der Waals surface area (Å²) >= 11 is 0. The summed E-state index contributed by atoms with van der Waals surface area (Å²) < 4.78 is 0. The normalized spacial score (nSPS) is 19.0. The number of nitrogens with zero attached hydrogens (tertiary/aromatic N) is 1. The van der Waals surface area contributed by atoms with Crippen molar-refractivity contribution < 1.29 is 9.59 Å². The van der Waals surface area contributed by atoms with Crippen LogP contribution in [0.25, 0.3) is 0 Å². The number of carbonyl (C=O) groups excluding carboxylic acids is 2. The predicted octanol–water partition coefficient (Wildman–Crippen LogP) is 1.53. The topological polar surface area (TPSA) is 75.4 Å². The molecule has 0 spiro atoms. The minimum absolute atomic E-state index is 0.0291. The molecule has 0 aromatic heterocycles. The van der Waals surface area contributed by atoms with Crippen LogP contribution in [0.4, 0.5) is 5.69 Å². The zero-order valence-electron chi connectivity index (χ0n) is 12.8. The molecule has 114 valence electrons. The van der Waals surface area contributed by atoms with E-state index < -0.39 is 0 Å². The standard InChI is InChI=1S/C16H23N3O2/c1-16(2,3)18-15(21)12-6-4-5-7-13(12)19-10-11(9-17)8-14(19)20/h4-7,11H,8-10,17H2,1-3H3,(H,18,21). The highest BCUT2D eigenvalue weighted by Gasteiger charge is 2.32. The number of nitrogens with one attached hydrogen (secondary N) is 1. The van der Waals surface area contributed by atoms with Crippen LogP contribution in [0.3, 0.4) is 0 Å². The lowest BCUT2D eigenvalue weighted by molar-refractivity contribution is -0.117. The first kappa shape index (κ1) is 15.5. The SMILES string of the molecule is CC(C)(C)NC(=O)c1ccccc1N1CC(CN)CC1=O. The third-order valence-electron chi connectivity index (χ3n) is 3.47. The first-order valence-electron chi connectivity index (χ1n) is 7.24. The van der Waals surface area contributed by atoms with Gasteiger partial charge in [-0.2, -0.15) is 0 Å². The van der Waals surface area contributed by atoms with Gasteiger partial charge in [-0.3, -0.25) is 9.59 Å². The molecular formula is C16H23N3O2. The Labute approximate surface area is 125 Å². The van der Waals surface area contributed by atoms with E-state index in [2.05, 4.69) is 5.32 Å². The predicted molar refractivity (Wildman–Crippen MR) is 83.2 cm³/mol. The minimum atomic E-state index is -0.320. The number of hydrogen-bond donors (Lipinski definition) is 2. The smallest absolute Gasteiger partial charge is 0.253 e. The lowest BCUT2D eigenvalue weighted by atomic mass is 10.1. The summed E-state index contributed by atoms with van der Waals surface area (Å²) in [6, 6.07) is 7.21. The highest BCUT2D eigenvalue weighted by Crippen LogP contribution is 2.28. The summed E-state index contributed by atoms with van der Waals surface area (Å²) in [6.45, 7) is 6.85. The van der Waals surface area contributed by atoms with E-state index in [0.29, 0.717) is 30.8 Å². The average Bonchev–Trinajstić information content (AvgIpc) is 2.78. The molecule has 1 atom stereocenters. The summed E-state index contributed by atoms with van der Waals surface area (Å²) in [7, 11) is 0. The van der Waals surface area contributed by atoms with Gasteiger partial charge in [0, 0.05) is 18.5 Å². The molecule has 1 unspecified atom stereocenters. The highest BCUT2D eigenvalue weighted by molar-refractivity contribution is 6.05. The monoisotopic (exact) mass is 289 g/mol. The fraction of sp³-hybridized carbons (Fsp3) is 0.500. The number of anilines is 1. The van der Waals surface area contributed by atoms with E-state index in [1.807, 2.05) is 39.0 Å². The Hall–Kier alpha value is -1.88. The number of amides is 2. The van der Waals surface area contributed by atoms with E-state index in [9.17, 15) is 9.59 Å². The van der Waals surface area contributed by atoms with E-state index in [4.69, 9.17) is 5.73 Å². The zero-order chi connectivity index (χ0) is 15.6. The van der Waals surface area contributed by atoms with Gasteiger partial charge < -0.3 is 16.0 Å². The third kappa shape index (κ3) is 3.61. The second kappa shape index (κ2) is 5.85. The largest absolute Gasteiger partial charge is 0.347 e. The summed E-state index contributed by atoms with van der Waals surface area (Å²) in [5.41, 5.74) is 6.53. The van der Waals surface area contributed by atoms with Gasteiger partial charge in [0.05, 0.1) is 11.3 Å². The molecule has 0 bridgehead atoms. The fourth-order valence-electron chi connectivity index (χ4n) is 2.48. The van der Waals surface area contributed by atoms with Crippen LogP contribution in [-0.2, 0) is 4.79 Å². The molecule has 2 amide bonds. The van der Waals surface area contributed by atoms with Crippen molar-refractivity contribution in [3.8, 4) is 0 Å². The van der Waals surface area contributed by atoms with Crippen molar-refractivity contribution in [1.82, 2.24) is 5.32 Å². The summed E-state index contributed by atoms with van der Waals surface area (Å²) in [5.74, 6) is 0.0276. The highest BCUT2D eigenvalue weighted by atomic mass is 16.2. The molecular weight excluding hydrogens is 266 g/mol. The summed E-state index contributed by atoms with van der Waals surface area (Å²) in [4.78, 5) is 26.2. The van der Waals surface area contributed by atoms with E-state index in [1.54, 1.807) is 11.0 Å². The Kier molecular flexibility index (Phi) is 4.32. The Bertz CT molecular complexity index is 549. The van der Waals surface area contributed by atoms with Crippen LogP contribution in [0.15, 0.2) is 24.3 Å². The molecule has 1 saturated heterocycles. The van der Waals surface area contributed by atoms with Gasteiger partial charge in [-0.05, 0) is 45.4 Å². The lowest BCUT2D eigenvalue weighted by Crippen LogP contribution is -2.41. The number of para-hydroxylation sites is 1. The van der Waals surface area contributed by atoms with Gasteiger partial charge in [0.15, 0.2) is 0 Å². The van der Waals surface area contributed by atoms with E-state index >= 15 is 0 Å². The van der Waals surface area contributed by atoms with E-state index in [1.165, 1.54) is 0 Å². The van der Waals surface area contributed by atoms with Crippen molar-refractivity contribution in [2.45, 2.75) is 32.7 Å². The lowest BCUT2D eigenvalue weighted by Gasteiger charge is -2.24. The summed E-state index contributed by atoms with van der Waals surface area (Å²) in [6.07, 6.45) is 0.450. The molecule has 21 heavy (non-hydrogen) atoms. The van der Waals surface area contributed by atoms with Crippen molar-refractivity contribution in [2.75, 3.05) is 18.0 Å². The fourth-order valence-corrected chi connectivity index (χ4v) is 2.48. The van der Waals surface area contributed by atoms with Gasteiger partial charge in [0.25, 0.3) is 5.91 Å². The zero-order valence-corrected chi connectivity index (χ0v) is 12.8. The van der Waals surface area contributed by atoms with Crippen LogP contribution in [0.5, 0.6) is 0 Å². The Morgan fingerprint density at radius 1 is 1.38 bits per heavy atom. The molecule has 1 heterocycles. The number of nitrogens with two attached hydrogens (primary N) is 1. The molecule has 0 saturated carbocycles. The van der Waals surface area contributed by atoms with Gasteiger partial charge in [-0.15, -0.1) is 0 Å². The maximum absolute atomic E-state index is 12.4. The van der Waals surface area contributed by atoms with Crippen molar-refractivity contribution in [3.63, 3.8) is 0 Å². The second-order valence-electron chi connectivity index (χ2n) is 6.53. The van der Waals surface area contributed by atoms with Gasteiger partial charge >= 0.3 is 0 Å². The maximum Gasteiger partial charge on any atom is 0.253 e. The molecule has 5 heteroatoms. The number of hydrogen-bond acceptors (Lipinski definition) is 3. The molecule has 2 rings (SSSR count). The molecule has 0 aliphatic carbocycles. The minimum Gasteiger partial charge on any atom is -0.347 e. The number of benzene rings is 1. The molecule has 5 nitrogen and oxygen atoms in total. The van der Waals surface area contributed by atoms with Crippen molar-refractivity contribution in [1.29, 1.82) is 0 Å². The average molecular weight is 289 g/mol. The Morgan fingerprint density at radius 2 is 2.05 bits per heavy atom. The van der Waals surface area contributed by atoms with Gasteiger partial charge in [0.1, 0.15) is 0 Å². The first-order valence-corrected chi connectivity index (χ1v) is 7.24. The van der Waals surface area contributed by atoms with E-state index in [0.717, 1.165) is 0 Å². The quantitative estimate of drug-likeness (QED) is 0.886. The number of carbonyl (C=O) groups is 2. The van der Waals surface area contributed by atoms with E-state index in [-0.39, 0.29) is 23.3 Å². The molecule has 1 aromatic carbocycles. The van der Waals surface area contributed by atoms with Crippen molar-refractivity contribution in [3.05, 3.63) is 29.8 Å². The van der Waals surface area contributed by atoms with Crippen LogP contribution >= 0.6 is 0 Å². The Balaban J connectivity index is 2.29. The summed E-state index contributed by atoms with van der Waals surface area (Å²) in [5, 5.41) is 2.94. The van der Waals surface area contributed by atoms with Crippen LogP contribution < -0.4 is 16.0 Å². The molecule has 1 fully saturated rings. The maximum atomic E-state index is 12.4. The molecule has 3 N–H and O–H groups in total. The molecule has 1 aliphatic rings. The van der Waals surface area contributed by atoms with Gasteiger partial charge in [-0.25, -0.2) is 0 Å².